The number of benzene rings is 2. The van der Waals surface area contributed by atoms with E-state index in [-0.39, 0.29) is 23.3 Å². The lowest BCUT2D eigenvalue weighted by Gasteiger charge is -2.33. The van der Waals surface area contributed by atoms with E-state index in [0.717, 1.165) is 37.0 Å². The Bertz CT molecular complexity index is 909. The summed E-state index contributed by atoms with van der Waals surface area (Å²) < 4.78 is 5.32. The molecule has 6 heteroatoms. The van der Waals surface area contributed by atoms with Crippen LogP contribution in [0.25, 0.3) is 0 Å². The third-order valence-electron chi connectivity index (χ3n) is 5.91. The fourth-order valence-corrected chi connectivity index (χ4v) is 4.15. The van der Waals surface area contributed by atoms with Crippen molar-refractivity contribution in [3.8, 4) is 5.75 Å². The minimum absolute atomic E-state index is 0.0268. The predicted molar refractivity (Wildman–Crippen MR) is 112 cm³/mol. The van der Waals surface area contributed by atoms with E-state index in [1.54, 1.807) is 36.3 Å². The Morgan fingerprint density at radius 1 is 1.17 bits per heavy atom. The first-order valence-electron chi connectivity index (χ1n) is 10.0. The molecule has 1 heterocycles. The molecule has 2 amide bonds. The summed E-state index contributed by atoms with van der Waals surface area (Å²) in [7, 11) is 1.64. The summed E-state index contributed by atoms with van der Waals surface area (Å²) in [6.07, 6.45) is 3.46. The Balaban J connectivity index is 1.42. The van der Waals surface area contributed by atoms with Gasteiger partial charge in [0, 0.05) is 23.7 Å². The predicted octanol–water partition coefficient (Wildman–Crippen LogP) is 4.01. The van der Waals surface area contributed by atoms with Crippen LogP contribution in [0.15, 0.2) is 48.5 Å². The monoisotopic (exact) mass is 412 g/mol. The molecular formula is C23H25ClN2O3. The molecule has 1 saturated carbocycles. The van der Waals surface area contributed by atoms with E-state index in [2.05, 4.69) is 5.32 Å². The topological polar surface area (TPSA) is 58.6 Å². The lowest BCUT2D eigenvalue weighted by molar-refractivity contribution is -0.127. The molecule has 1 saturated heterocycles. The minimum Gasteiger partial charge on any atom is -0.497 e. The molecule has 4 rings (SSSR count). The first kappa shape index (κ1) is 19.8. The molecule has 2 fully saturated rings. The molecule has 29 heavy (non-hydrogen) atoms. The fraction of sp³-hybridized carbons (Fsp3) is 0.391. The largest absolute Gasteiger partial charge is 0.497 e. The summed E-state index contributed by atoms with van der Waals surface area (Å²) in [6.45, 7) is 1.12. The molecule has 0 spiro atoms. The highest BCUT2D eigenvalue weighted by atomic mass is 35.5. The van der Waals surface area contributed by atoms with E-state index in [1.165, 1.54) is 0 Å². The normalized spacial score (nSPS) is 20.1. The van der Waals surface area contributed by atoms with E-state index in [9.17, 15) is 9.59 Å². The van der Waals surface area contributed by atoms with Crippen LogP contribution in [-0.4, -0.2) is 36.9 Å². The lowest BCUT2D eigenvalue weighted by atomic mass is 9.95. The molecular weight excluding hydrogens is 388 g/mol. The first-order valence-corrected chi connectivity index (χ1v) is 10.4. The van der Waals surface area contributed by atoms with E-state index in [1.807, 2.05) is 24.3 Å². The van der Waals surface area contributed by atoms with Crippen molar-refractivity contribution in [2.75, 3.05) is 20.2 Å². The Hall–Kier alpha value is -2.53. The zero-order chi connectivity index (χ0) is 20.4. The van der Waals surface area contributed by atoms with Crippen LogP contribution >= 0.6 is 11.6 Å². The van der Waals surface area contributed by atoms with E-state index >= 15 is 0 Å². The van der Waals surface area contributed by atoms with Gasteiger partial charge in [-0.05, 0) is 67.6 Å². The number of amides is 2. The molecule has 0 aromatic heterocycles. The minimum atomic E-state index is -0.298. The molecule has 5 nitrogen and oxygen atoms in total. The number of carbonyl (C=O) groups excluding carboxylic acids is 2. The van der Waals surface area contributed by atoms with Crippen molar-refractivity contribution in [2.24, 2.45) is 5.92 Å². The molecule has 1 atom stereocenters. The summed E-state index contributed by atoms with van der Waals surface area (Å²) in [6, 6.07) is 14.8. The molecule has 0 radical (unpaired) electrons. The zero-order valence-electron chi connectivity index (χ0n) is 16.5. The van der Waals surface area contributed by atoms with Crippen molar-refractivity contribution in [2.45, 2.75) is 31.2 Å². The molecule has 2 aromatic rings. The molecule has 152 valence electrons. The van der Waals surface area contributed by atoms with E-state index in [0.29, 0.717) is 23.7 Å². The highest BCUT2D eigenvalue weighted by Gasteiger charge is 2.47. The molecule has 1 N–H and O–H groups in total. The number of halogens is 1. The van der Waals surface area contributed by atoms with Gasteiger partial charge >= 0.3 is 0 Å². The van der Waals surface area contributed by atoms with Crippen LogP contribution in [0.5, 0.6) is 5.75 Å². The molecule has 2 aromatic carbocycles. The Labute approximate surface area is 176 Å². The SMILES string of the molecule is COc1cccc(C2(NC(=O)C3CCCN(C(=O)c4ccc(Cl)cc4)C3)CC2)c1. The third kappa shape index (κ3) is 4.25. The standard InChI is InChI=1S/C23H25ClN2O3/c1-29-20-6-2-5-18(14-20)23(11-12-23)25-21(27)17-4-3-13-26(15-17)22(28)16-7-9-19(24)10-8-16/h2,5-10,14,17H,3-4,11-13,15H2,1H3,(H,25,27). The number of piperidine rings is 1. The van der Waals surface area contributed by atoms with Gasteiger partial charge < -0.3 is 15.0 Å². The maximum atomic E-state index is 13.0. The van der Waals surface area contributed by atoms with Crippen LogP contribution in [0, 0.1) is 5.92 Å². The molecule has 1 unspecified atom stereocenters. The van der Waals surface area contributed by atoms with Gasteiger partial charge in [-0.3, -0.25) is 9.59 Å². The van der Waals surface area contributed by atoms with Gasteiger partial charge in [0.05, 0.1) is 18.6 Å². The Morgan fingerprint density at radius 3 is 2.62 bits per heavy atom. The number of carbonyl (C=O) groups is 2. The lowest BCUT2D eigenvalue weighted by Crippen LogP contribution is -2.47. The van der Waals surface area contributed by atoms with E-state index < -0.39 is 0 Å². The molecule has 0 bridgehead atoms. The van der Waals surface area contributed by atoms with Crippen LogP contribution in [0.2, 0.25) is 5.02 Å². The van der Waals surface area contributed by atoms with Crippen LogP contribution in [0.4, 0.5) is 0 Å². The Kier molecular flexibility index (Phi) is 5.50. The summed E-state index contributed by atoms with van der Waals surface area (Å²) in [5, 5.41) is 3.86. The maximum Gasteiger partial charge on any atom is 0.253 e. The molecule has 1 aliphatic heterocycles. The van der Waals surface area contributed by atoms with Crippen LogP contribution in [0.1, 0.15) is 41.6 Å². The average Bonchev–Trinajstić information content (AvgIpc) is 3.54. The van der Waals surface area contributed by atoms with Gasteiger partial charge in [0.15, 0.2) is 0 Å². The van der Waals surface area contributed by atoms with Crippen LogP contribution in [0.3, 0.4) is 0 Å². The zero-order valence-corrected chi connectivity index (χ0v) is 17.2. The second-order valence-electron chi connectivity index (χ2n) is 7.90. The fourth-order valence-electron chi connectivity index (χ4n) is 4.02. The number of nitrogens with zero attached hydrogens (tertiary/aromatic N) is 1. The highest BCUT2D eigenvalue weighted by Crippen LogP contribution is 2.46. The Morgan fingerprint density at radius 2 is 1.93 bits per heavy atom. The van der Waals surface area contributed by atoms with Gasteiger partial charge in [-0.15, -0.1) is 0 Å². The van der Waals surface area contributed by atoms with Gasteiger partial charge in [-0.25, -0.2) is 0 Å². The summed E-state index contributed by atoms with van der Waals surface area (Å²) in [4.78, 5) is 27.6. The van der Waals surface area contributed by atoms with Crippen LogP contribution in [-0.2, 0) is 10.3 Å². The van der Waals surface area contributed by atoms with Crippen molar-refractivity contribution < 1.29 is 14.3 Å². The number of hydrogen-bond donors (Lipinski definition) is 1. The second kappa shape index (κ2) is 8.07. The summed E-state index contributed by atoms with van der Waals surface area (Å²) in [5.74, 6) is 0.579. The van der Waals surface area contributed by atoms with Gasteiger partial charge in [0.2, 0.25) is 5.91 Å². The smallest absolute Gasteiger partial charge is 0.253 e. The molecule has 1 aliphatic carbocycles. The number of ether oxygens (including phenoxy) is 1. The van der Waals surface area contributed by atoms with Gasteiger partial charge in [-0.1, -0.05) is 23.7 Å². The van der Waals surface area contributed by atoms with Crippen molar-refractivity contribution in [3.63, 3.8) is 0 Å². The van der Waals surface area contributed by atoms with Crippen molar-refractivity contribution in [1.29, 1.82) is 0 Å². The first-order chi connectivity index (χ1) is 14.0. The number of hydrogen-bond acceptors (Lipinski definition) is 3. The summed E-state index contributed by atoms with van der Waals surface area (Å²) in [5.41, 5.74) is 1.38. The highest BCUT2D eigenvalue weighted by molar-refractivity contribution is 6.30. The summed E-state index contributed by atoms with van der Waals surface area (Å²) >= 11 is 5.92. The number of likely N-dealkylation sites (tertiary alicyclic amines) is 1. The quantitative estimate of drug-likeness (QED) is 0.807. The van der Waals surface area contributed by atoms with Crippen molar-refractivity contribution in [3.05, 3.63) is 64.7 Å². The van der Waals surface area contributed by atoms with E-state index in [4.69, 9.17) is 16.3 Å². The van der Waals surface area contributed by atoms with Crippen molar-refractivity contribution >= 4 is 23.4 Å². The maximum absolute atomic E-state index is 13.0. The van der Waals surface area contributed by atoms with Gasteiger partial charge in [-0.2, -0.15) is 0 Å². The number of rotatable bonds is 5. The molecule has 2 aliphatic rings. The third-order valence-corrected chi connectivity index (χ3v) is 6.16. The van der Waals surface area contributed by atoms with Crippen molar-refractivity contribution in [1.82, 2.24) is 10.2 Å². The number of nitrogens with one attached hydrogen (secondary N) is 1. The number of methoxy groups -OCH3 is 1. The van der Waals surface area contributed by atoms with Gasteiger partial charge in [0.25, 0.3) is 5.91 Å². The average molecular weight is 413 g/mol. The van der Waals surface area contributed by atoms with Crippen LogP contribution < -0.4 is 10.1 Å². The van der Waals surface area contributed by atoms with Gasteiger partial charge in [0.1, 0.15) is 5.75 Å². The second-order valence-corrected chi connectivity index (χ2v) is 8.34.